The van der Waals surface area contributed by atoms with Gasteiger partial charge in [-0.25, -0.2) is 0 Å². The van der Waals surface area contributed by atoms with Gasteiger partial charge >= 0.3 is 6.18 Å². The average molecular weight is 267 g/mol. The van der Waals surface area contributed by atoms with Crippen LogP contribution in [0.5, 0.6) is 0 Å². The number of rotatable bonds is 7. The lowest BCUT2D eigenvalue weighted by Crippen LogP contribution is -2.18. The molecule has 104 valence electrons. The lowest BCUT2D eigenvalue weighted by Gasteiger charge is -2.05. The molecule has 0 aromatic carbocycles. The highest BCUT2D eigenvalue weighted by Gasteiger charge is 2.27. The molecule has 8 heteroatoms. The second-order valence-corrected chi connectivity index (χ2v) is 3.86. The third kappa shape index (κ3) is 5.46. The number of nitrogens with two attached hydrogens (primary N) is 1. The van der Waals surface area contributed by atoms with Gasteiger partial charge in [0.1, 0.15) is 6.61 Å². The zero-order valence-electron chi connectivity index (χ0n) is 10.0. The molecule has 0 aliphatic rings. The summed E-state index contributed by atoms with van der Waals surface area (Å²) in [6, 6.07) is -0.327. The molecule has 0 aliphatic carbocycles. The Morgan fingerprint density at radius 3 is 2.78 bits per heavy atom. The van der Waals surface area contributed by atoms with Crippen molar-refractivity contribution in [2.24, 2.45) is 5.73 Å². The largest absolute Gasteiger partial charge is 0.411 e. The van der Waals surface area contributed by atoms with Crippen molar-refractivity contribution in [3.05, 3.63) is 11.7 Å². The van der Waals surface area contributed by atoms with Crippen molar-refractivity contribution in [3.63, 3.8) is 0 Å². The Morgan fingerprint density at radius 1 is 1.44 bits per heavy atom. The summed E-state index contributed by atoms with van der Waals surface area (Å²) >= 11 is 0. The summed E-state index contributed by atoms with van der Waals surface area (Å²) in [4.78, 5) is 4.00. The highest BCUT2D eigenvalue weighted by atomic mass is 19.4. The number of aromatic nitrogens is 2. The highest BCUT2D eigenvalue weighted by molar-refractivity contribution is 4.91. The number of ether oxygens (including phenoxy) is 1. The molecule has 1 heterocycles. The van der Waals surface area contributed by atoms with E-state index in [9.17, 15) is 13.2 Å². The van der Waals surface area contributed by atoms with E-state index in [-0.39, 0.29) is 19.1 Å². The smallest absolute Gasteiger partial charge is 0.372 e. The molecule has 1 aromatic heterocycles. The highest BCUT2D eigenvalue weighted by Crippen LogP contribution is 2.15. The van der Waals surface area contributed by atoms with Crippen LogP contribution in [0.25, 0.3) is 0 Å². The molecule has 0 radical (unpaired) electrons. The van der Waals surface area contributed by atoms with Crippen molar-refractivity contribution < 1.29 is 22.4 Å². The van der Waals surface area contributed by atoms with Crippen LogP contribution in [-0.2, 0) is 11.2 Å². The molecule has 0 saturated carbocycles. The molecule has 0 bridgehead atoms. The summed E-state index contributed by atoms with van der Waals surface area (Å²) in [6.07, 6.45) is -2.55. The molecule has 1 atom stereocenters. The van der Waals surface area contributed by atoms with Gasteiger partial charge in [-0.1, -0.05) is 18.5 Å². The zero-order chi connectivity index (χ0) is 13.6. The zero-order valence-corrected chi connectivity index (χ0v) is 10.0. The van der Waals surface area contributed by atoms with Crippen molar-refractivity contribution in [2.75, 3.05) is 13.2 Å². The topological polar surface area (TPSA) is 74.2 Å². The first-order valence-corrected chi connectivity index (χ1v) is 5.65. The summed E-state index contributed by atoms with van der Waals surface area (Å²) in [5, 5.41) is 3.63. The van der Waals surface area contributed by atoms with Crippen molar-refractivity contribution >= 4 is 0 Å². The fourth-order valence-electron chi connectivity index (χ4n) is 1.31. The summed E-state index contributed by atoms with van der Waals surface area (Å²) < 4.78 is 44.7. The van der Waals surface area contributed by atoms with Gasteiger partial charge in [-0.05, 0) is 6.42 Å². The summed E-state index contributed by atoms with van der Waals surface area (Å²) in [5.74, 6) is 0.612. The number of hydrogen-bond acceptors (Lipinski definition) is 5. The van der Waals surface area contributed by atoms with Gasteiger partial charge in [0.15, 0.2) is 5.82 Å². The van der Waals surface area contributed by atoms with Crippen molar-refractivity contribution in [2.45, 2.75) is 38.4 Å². The van der Waals surface area contributed by atoms with E-state index in [0.717, 1.165) is 6.42 Å². The maximum Gasteiger partial charge on any atom is 0.411 e. The van der Waals surface area contributed by atoms with Crippen LogP contribution in [-0.4, -0.2) is 29.5 Å². The molecule has 0 amide bonds. The molecule has 0 unspecified atom stereocenters. The van der Waals surface area contributed by atoms with E-state index in [1.807, 2.05) is 6.92 Å². The van der Waals surface area contributed by atoms with Crippen molar-refractivity contribution in [3.8, 4) is 0 Å². The van der Waals surface area contributed by atoms with E-state index in [0.29, 0.717) is 18.1 Å². The van der Waals surface area contributed by atoms with Crippen molar-refractivity contribution in [1.82, 2.24) is 10.1 Å². The first-order chi connectivity index (χ1) is 8.42. The number of alkyl halides is 3. The second kappa shape index (κ2) is 6.69. The third-order valence-electron chi connectivity index (χ3n) is 2.14. The van der Waals surface area contributed by atoms with E-state index < -0.39 is 12.8 Å². The Balaban J connectivity index is 2.31. The van der Waals surface area contributed by atoms with Crippen LogP contribution < -0.4 is 5.73 Å². The van der Waals surface area contributed by atoms with Gasteiger partial charge in [0.05, 0.1) is 12.6 Å². The van der Waals surface area contributed by atoms with Crippen LogP contribution in [0.4, 0.5) is 13.2 Å². The predicted octanol–water partition coefficient (Wildman–Crippen LogP) is 1.99. The first kappa shape index (κ1) is 14.9. The maximum absolute atomic E-state index is 11.8. The Bertz CT molecular complexity index is 354. The Hall–Kier alpha value is -1.15. The minimum absolute atomic E-state index is 0.110. The Labute approximate surface area is 102 Å². The average Bonchev–Trinajstić information content (AvgIpc) is 2.72. The van der Waals surface area contributed by atoms with Crippen LogP contribution in [0.3, 0.4) is 0 Å². The number of halogens is 3. The van der Waals surface area contributed by atoms with Crippen LogP contribution in [0, 0.1) is 0 Å². The van der Waals surface area contributed by atoms with Gasteiger partial charge in [-0.2, -0.15) is 18.2 Å². The molecule has 1 rings (SSSR count). The van der Waals surface area contributed by atoms with Crippen LogP contribution in [0.2, 0.25) is 0 Å². The van der Waals surface area contributed by atoms with Gasteiger partial charge in [0, 0.05) is 6.42 Å². The molecular weight excluding hydrogens is 251 g/mol. The van der Waals surface area contributed by atoms with E-state index in [1.54, 1.807) is 0 Å². The number of hydrogen-bond donors (Lipinski definition) is 1. The van der Waals surface area contributed by atoms with Crippen LogP contribution in [0.1, 0.15) is 37.5 Å². The molecule has 0 saturated heterocycles. The standard InChI is InChI=1S/C10H16F3N3O2/c1-2-3-7(14)9-15-8(16-18-9)4-5-17-6-10(11,12)13/h7H,2-6,14H2,1H3/t7-/m0/s1. The molecule has 0 fully saturated rings. The van der Waals surface area contributed by atoms with Gasteiger partial charge in [0.25, 0.3) is 0 Å². The first-order valence-electron chi connectivity index (χ1n) is 5.65. The lowest BCUT2D eigenvalue weighted by atomic mass is 10.2. The van der Waals surface area contributed by atoms with E-state index >= 15 is 0 Å². The van der Waals surface area contributed by atoms with Gasteiger partial charge < -0.3 is 15.0 Å². The quantitative estimate of drug-likeness (QED) is 0.765. The fourth-order valence-corrected chi connectivity index (χ4v) is 1.31. The second-order valence-electron chi connectivity index (χ2n) is 3.86. The molecule has 18 heavy (non-hydrogen) atoms. The number of nitrogens with zero attached hydrogens (tertiary/aromatic N) is 2. The predicted molar refractivity (Wildman–Crippen MR) is 56.7 cm³/mol. The molecule has 1 aromatic rings. The van der Waals surface area contributed by atoms with E-state index in [4.69, 9.17) is 10.3 Å². The summed E-state index contributed by atoms with van der Waals surface area (Å²) in [7, 11) is 0. The molecule has 2 N–H and O–H groups in total. The van der Waals surface area contributed by atoms with Gasteiger partial charge in [0.2, 0.25) is 5.89 Å². The van der Waals surface area contributed by atoms with E-state index in [2.05, 4.69) is 14.9 Å². The molecule has 5 nitrogen and oxygen atoms in total. The van der Waals surface area contributed by atoms with Crippen molar-refractivity contribution in [1.29, 1.82) is 0 Å². The van der Waals surface area contributed by atoms with Crippen LogP contribution >= 0.6 is 0 Å². The Morgan fingerprint density at radius 2 is 2.17 bits per heavy atom. The molecule has 0 aliphatic heterocycles. The fraction of sp³-hybridized carbons (Fsp3) is 0.800. The Kier molecular flexibility index (Phi) is 5.54. The minimum atomic E-state index is -4.31. The summed E-state index contributed by atoms with van der Waals surface area (Å²) in [6.45, 7) is 0.594. The minimum Gasteiger partial charge on any atom is -0.372 e. The van der Waals surface area contributed by atoms with Crippen LogP contribution in [0.15, 0.2) is 4.52 Å². The summed E-state index contributed by atoms with van der Waals surface area (Å²) in [5.41, 5.74) is 5.75. The maximum atomic E-state index is 11.8. The van der Waals surface area contributed by atoms with Gasteiger partial charge in [-0.15, -0.1) is 0 Å². The molecular formula is C10H16F3N3O2. The SMILES string of the molecule is CCC[C@H](N)c1nc(CCOCC(F)(F)F)no1. The third-order valence-corrected chi connectivity index (χ3v) is 2.14. The normalized spacial score (nSPS) is 13.8. The molecule has 0 spiro atoms. The van der Waals surface area contributed by atoms with Gasteiger partial charge in [-0.3, -0.25) is 0 Å². The monoisotopic (exact) mass is 267 g/mol. The van der Waals surface area contributed by atoms with E-state index in [1.165, 1.54) is 0 Å². The lowest BCUT2D eigenvalue weighted by molar-refractivity contribution is -0.173.